The Morgan fingerprint density at radius 2 is 2.00 bits per heavy atom. The van der Waals surface area contributed by atoms with Gasteiger partial charge in [-0.1, -0.05) is 42.1 Å². The first-order valence-electron chi connectivity index (χ1n) is 10.3. The van der Waals surface area contributed by atoms with E-state index in [1.807, 2.05) is 32.9 Å². The first-order chi connectivity index (χ1) is 14.1. The standard InChI is InChI=1S/C20H36BrIN5O2P/c1-5-14(8-6-7-10-26-19(28)29-20(2,3)4)9-11-25-16-12-15(21)13-17(18(16)23)27(24)30-22/h12-14,25,30H,5-11,23-24H2,1-4H3,(H,26,28). The highest BCUT2D eigenvalue weighted by atomic mass is 127. The number of halogens is 2. The lowest BCUT2D eigenvalue weighted by Gasteiger charge is -2.21. The van der Waals surface area contributed by atoms with Gasteiger partial charge in [-0.3, -0.25) is 4.78 Å². The van der Waals surface area contributed by atoms with Crippen LogP contribution >= 0.6 is 44.3 Å². The second-order valence-electron chi connectivity index (χ2n) is 8.25. The van der Waals surface area contributed by atoms with Crippen LogP contribution in [0.5, 0.6) is 0 Å². The molecule has 0 aliphatic carbocycles. The minimum absolute atomic E-state index is 0.344. The van der Waals surface area contributed by atoms with E-state index in [1.54, 1.807) is 4.78 Å². The Morgan fingerprint density at radius 1 is 1.30 bits per heavy atom. The molecule has 0 aliphatic heterocycles. The number of anilines is 3. The summed E-state index contributed by atoms with van der Waals surface area (Å²) in [6.45, 7) is 9.32. The average Bonchev–Trinajstić information content (AvgIpc) is 2.66. The first kappa shape index (κ1) is 27.5. The number of carbonyl (C=O) groups is 1. The number of nitrogen functional groups attached to an aromatic ring is 1. The van der Waals surface area contributed by atoms with Gasteiger partial charge in [0.2, 0.25) is 0 Å². The highest BCUT2D eigenvalue weighted by Gasteiger charge is 2.15. The van der Waals surface area contributed by atoms with Crippen LogP contribution in [0.15, 0.2) is 16.6 Å². The van der Waals surface area contributed by atoms with E-state index in [-0.39, 0.29) is 6.09 Å². The van der Waals surface area contributed by atoms with Crippen molar-refractivity contribution in [3.05, 3.63) is 16.6 Å². The third-order valence-corrected chi connectivity index (χ3v) is 7.07. The molecule has 1 amide bonds. The molecule has 0 saturated heterocycles. The molecule has 30 heavy (non-hydrogen) atoms. The maximum Gasteiger partial charge on any atom is 0.407 e. The number of nitrogens with two attached hydrogens (primary N) is 2. The van der Waals surface area contributed by atoms with Gasteiger partial charge < -0.3 is 21.1 Å². The second kappa shape index (κ2) is 13.8. The molecule has 1 rings (SSSR count). The van der Waals surface area contributed by atoms with Crippen molar-refractivity contribution in [1.29, 1.82) is 0 Å². The van der Waals surface area contributed by atoms with Crippen molar-refractivity contribution in [2.45, 2.75) is 65.4 Å². The van der Waals surface area contributed by atoms with E-state index in [9.17, 15) is 4.79 Å². The maximum absolute atomic E-state index is 11.7. The van der Waals surface area contributed by atoms with Crippen LogP contribution in [0.1, 0.15) is 59.8 Å². The van der Waals surface area contributed by atoms with Crippen LogP contribution in [0.2, 0.25) is 0 Å². The lowest BCUT2D eigenvalue weighted by molar-refractivity contribution is 0.0527. The maximum atomic E-state index is 11.7. The van der Waals surface area contributed by atoms with Crippen LogP contribution in [0.3, 0.4) is 0 Å². The minimum Gasteiger partial charge on any atom is -0.444 e. The molecule has 172 valence electrons. The van der Waals surface area contributed by atoms with Crippen molar-refractivity contribution < 1.29 is 9.53 Å². The number of hydrogen-bond acceptors (Lipinski definition) is 6. The van der Waals surface area contributed by atoms with Crippen molar-refractivity contribution >= 4 is 67.5 Å². The molecule has 0 spiro atoms. The van der Waals surface area contributed by atoms with E-state index in [2.05, 4.69) is 55.5 Å². The lowest BCUT2D eigenvalue weighted by atomic mass is 9.95. The molecule has 0 bridgehead atoms. The van der Waals surface area contributed by atoms with E-state index in [1.165, 1.54) is 0 Å². The zero-order chi connectivity index (χ0) is 22.7. The van der Waals surface area contributed by atoms with Gasteiger partial charge in [-0.05, 0) is 73.7 Å². The Morgan fingerprint density at radius 3 is 2.60 bits per heavy atom. The monoisotopic (exact) mass is 615 g/mol. The topological polar surface area (TPSA) is 106 Å². The number of benzene rings is 1. The molecule has 6 N–H and O–H groups in total. The predicted molar refractivity (Wildman–Crippen MR) is 143 cm³/mol. The van der Waals surface area contributed by atoms with Crippen LogP contribution in [0.4, 0.5) is 21.9 Å². The van der Waals surface area contributed by atoms with Gasteiger partial charge in [0.05, 0.1) is 23.4 Å². The summed E-state index contributed by atoms with van der Waals surface area (Å²) >= 11 is 5.77. The second-order valence-corrected chi connectivity index (χ2v) is 11.3. The summed E-state index contributed by atoms with van der Waals surface area (Å²) in [4.78, 5) is 11.7. The minimum atomic E-state index is -0.456. The summed E-state index contributed by atoms with van der Waals surface area (Å²) in [6, 6.07) is 3.93. The van der Waals surface area contributed by atoms with Gasteiger partial charge in [-0.15, -0.1) is 0 Å². The van der Waals surface area contributed by atoms with Crippen molar-refractivity contribution in [2.24, 2.45) is 11.8 Å². The normalized spacial score (nSPS) is 12.8. The summed E-state index contributed by atoms with van der Waals surface area (Å²) < 4.78 is 7.85. The number of nitrogens with one attached hydrogen (secondary N) is 2. The number of nitrogens with zero attached hydrogens (tertiary/aromatic N) is 1. The summed E-state index contributed by atoms with van der Waals surface area (Å²) in [6.07, 6.45) is 5.44. The summed E-state index contributed by atoms with van der Waals surface area (Å²) in [7, 11) is 0. The molecular formula is C20H36BrIN5O2P. The summed E-state index contributed by atoms with van der Waals surface area (Å²) in [5.74, 6) is 6.67. The van der Waals surface area contributed by atoms with Gasteiger partial charge in [-0.25, -0.2) is 10.6 Å². The Kier molecular flexibility index (Phi) is 12.7. The molecule has 0 aliphatic rings. The summed E-state index contributed by atoms with van der Waals surface area (Å²) in [5.41, 5.74) is 8.25. The molecule has 2 unspecified atom stereocenters. The largest absolute Gasteiger partial charge is 0.444 e. The summed E-state index contributed by atoms with van der Waals surface area (Å²) in [5, 5.41) is 6.29. The van der Waals surface area contributed by atoms with Crippen LogP contribution in [0.25, 0.3) is 0 Å². The van der Waals surface area contributed by atoms with Crippen LogP contribution < -0.4 is 27.0 Å². The van der Waals surface area contributed by atoms with E-state index in [4.69, 9.17) is 16.3 Å². The Bertz CT molecular complexity index is 675. The molecule has 7 nitrogen and oxygen atoms in total. The Hall–Kier alpha value is -0.510. The van der Waals surface area contributed by atoms with Crippen LogP contribution in [-0.4, -0.2) is 24.8 Å². The number of unbranched alkanes of at least 4 members (excludes halogenated alkanes) is 1. The van der Waals surface area contributed by atoms with Crippen molar-refractivity contribution in [1.82, 2.24) is 5.32 Å². The number of alkyl carbamates (subject to hydrolysis) is 1. The number of amides is 1. The van der Waals surface area contributed by atoms with E-state index in [0.717, 1.165) is 54.5 Å². The van der Waals surface area contributed by atoms with Crippen LogP contribution in [-0.2, 0) is 4.74 Å². The third-order valence-electron chi connectivity index (χ3n) is 4.63. The van der Waals surface area contributed by atoms with E-state index < -0.39 is 5.60 Å². The van der Waals surface area contributed by atoms with E-state index in [0.29, 0.717) is 24.5 Å². The Labute approximate surface area is 204 Å². The van der Waals surface area contributed by atoms with Crippen molar-refractivity contribution in [3.8, 4) is 0 Å². The van der Waals surface area contributed by atoms with Gasteiger partial charge in [0.1, 0.15) is 5.60 Å². The van der Waals surface area contributed by atoms with Gasteiger partial charge in [0.15, 0.2) is 0 Å². The zero-order valence-electron chi connectivity index (χ0n) is 18.4. The fourth-order valence-corrected chi connectivity index (χ4v) is 4.52. The molecule has 0 radical (unpaired) electrons. The number of hydrazine groups is 1. The number of ether oxygens (including phenoxy) is 1. The molecule has 0 saturated carbocycles. The van der Waals surface area contributed by atoms with Gasteiger partial charge in [-0.2, -0.15) is 0 Å². The smallest absolute Gasteiger partial charge is 0.407 e. The van der Waals surface area contributed by atoms with Crippen LogP contribution in [0, 0.1) is 5.92 Å². The molecule has 0 fully saturated rings. The van der Waals surface area contributed by atoms with Crippen molar-refractivity contribution in [2.75, 3.05) is 28.9 Å². The Balaban J connectivity index is 2.38. The van der Waals surface area contributed by atoms with Gasteiger partial charge >= 0.3 is 6.09 Å². The number of hydrogen-bond donors (Lipinski definition) is 4. The van der Waals surface area contributed by atoms with Crippen molar-refractivity contribution in [3.63, 3.8) is 0 Å². The number of carbonyl (C=O) groups excluding carboxylic acids is 1. The number of rotatable bonds is 12. The third kappa shape index (κ3) is 10.7. The average molecular weight is 616 g/mol. The highest BCUT2D eigenvalue weighted by molar-refractivity contribution is 14.2. The zero-order valence-corrected chi connectivity index (χ0v) is 23.1. The molecule has 0 aromatic heterocycles. The fourth-order valence-electron chi connectivity index (χ4n) is 3.02. The van der Waals surface area contributed by atoms with E-state index >= 15 is 0 Å². The lowest BCUT2D eigenvalue weighted by Crippen LogP contribution is -2.33. The molecule has 10 heteroatoms. The highest BCUT2D eigenvalue weighted by Crippen LogP contribution is 2.39. The first-order valence-corrected chi connectivity index (χ1v) is 15.1. The SMILES string of the molecule is CCC(CCCCNC(=O)OC(C)(C)C)CCNc1cc(Br)cc(N(N)PI)c1N. The molecule has 1 aromatic carbocycles. The van der Waals surface area contributed by atoms with Gasteiger partial charge in [0.25, 0.3) is 0 Å². The predicted octanol–water partition coefficient (Wildman–Crippen LogP) is 6.18. The fraction of sp³-hybridized carbons (Fsp3) is 0.650. The van der Waals surface area contributed by atoms with Gasteiger partial charge in [0, 0.05) is 17.6 Å². The molecule has 2 atom stereocenters. The quantitative estimate of drug-likeness (QED) is 0.0559. The molecule has 1 aromatic rings. The molecular weight excluding hydrogens is 580 g/mol. The molecule has 0 heterocycles.